The molecule has 0 amide bonds. The van der Waals surface area contributed by atoms with Gasteiger partial charge in [-0.3, -0.25) is 4.79 Å². The highest BCUT2D eigenvalue weighted by Crippen LogP contribution is 2.33. The number of aldehydes is 1. The molecular weight excluding hydrogens is 288 g/mol. The molecule has 1 rings (SSSR count). The van der Waals surface area contributed by atoms with Crippen LogP contribution >= 0.6 is 0 Å². The maximum Gasteiger partial charge on any atom is 0.305 e. The van der Waals surface area contributed by atoms with Crippen molar-refractivity contribution >= 4 is 12.3 Å². The second kappa shape index (κ2) is 9.22. The van der Waals surface area contributed by atoms with Crippen LogP contribution in [-0.2, 0) is 28.5 Å². The van der Waals surface area contributed by atoms with Gasteiger partial charge in [0.1, 0.15) is 6.29 Å². The highest BCUT2D eigenvalue weighted by atomic mass is 16.7. The molecule has 1 unspecified atom stereocenters. The Kier molecular flexibility index (Phi) is 8.00. The summed E-state index contributed by atoms with van der Waals surface area (Å²) in [5, 5.41) is 0. The quantitative estimate of drug-likeness (QED) is 0.454. The summed E-state index contributed by atoms with van der Waals surface area (Å²) in [4.78, 5) is 22.7. The summed E-state index contributed by atoms with van der Waals surface area (Å²) >= 11 is 0. The monoisotopic (exact) mass is 316 g/mol. The Labute approximate surface area is 132 Å². The predicted octanol–water partition coefficient (Wildman–Crippen LogP) is 2.09. The van der Waals surface area contributed by atoms with Gasteiger partial charge in [-0.05, 0) is 40.5 Å². The van der Waals surface area contributed by atoms with Crippen molar-refractivity contribution in [2.75, 3.05) is 19.8 Å². The molecule has 0 radical (unpaired) electrons. The van der Waals surface area contributed by atoms with Gasteiger partial charge in [0.25, 0.3) is 0 Å². The minimum Gasteiger partial charge on any atom is -0.466 e. The van der Waals surface area contributed by atoms with Crippen LogP contribution in [0.3, 0.4) is 0 Å². The fourth-order valence-electron chi connectivity index (χ4n) is 2.58. The van der Waals surface area contributed by atoms with Crippen molar-refractivity contribution in [1.82, 2.24) is 0 Å². The van der Waals surface area contributed by atoms with Crippen molar-refractivity contribution in [2.45, 2.75) is 65.0 Å². The van der Waals surface area contributed by atoms with Gasteiger partial charge >= 0.3 is 5.97 Å². The first kappa shape index (κ1) is 19.1. The van der Waals surface area contributed by atoms with E-state index in [9.17, 15) is 9.59 Å². The molecule has 1 fully saturated rings. The molecular formula is C16H28O6. The van der Waals surface area contributed by atoms with Crippen molar-refractivity contribution in [2.24, 2.45) is 5.92 Å². The maximum absolute atomic E-state index is 11.5. The number of carbonyl (C=O) groups is 2. The van der Waals surface area contributed by atoms with Gasteiger partial charge < -0.3 is 23.7 Å². The van der Waals surface area contributed by atoms with E-state index in [0.29, 0.717) is 32.7 Å². The Balaban J connectivity index is 2.56. The highest BCUT2D eigenvalue weighted by Gasteiger charge is 2.42. The topological polar surface area (TPSA) is 71.1 Å². The average Bonchev–Trinajstić information content (AvgIpc) is 2.75. The van der Waals surface area contributed by atoms with E-state index in [1.54, 1.807) is 6.92 Å². The summed E-state index contributed by atoms with van der Waals surface area (Å²) in [7, 11) is 0. The van der Waals surface area contributed by atoms with E-state index >= 15 is 0 Å². The van der Waals surface area contributed by atoms with Crippen molar-refractivity contribution < 1.29 is 28.5 Å². The van der Waals surface area contributed by atoms with E-state index in [-0.39, 0.29) is 30.5 Å². The van der Waals surface area contributed by atoms with Crippen LogP contribution < -0.4 is 0 Å². The number of hydrogen-bond donors (Lipinski definition) is 0. The molecule has 0 spiro atoms. The lowest BCUT2D eigenvalue weighted by molar-refractivity contribution is -0.152. The Hall–Kier alpha value is -0.980. The third kappa shape index (κ3) is 6.42. The van der Waals surface area contributed by atoms with Gasteiger partial charge in [-0.2, -0.15) is 0 Å². The van der Waals surface area contributed by atoms with E-state index in [0.717, 1.165) is 6.29 Å². The van der Waals surface area contributed by atoms with Crippen molar-refractivity contribution in [3.63, 3.8) is 0 Å². The average molecular weight is 316 g/mol. The molecule has 1 aliphatic rings. The Bertz CT molecular complexity index is 355. The first-order valence-corrected chi connectivity index (χ1v) is 7.96. The van der Waals surface area contributed by atoms with Gasteiger partial charge in [0, 0.05) is 18.9 Å². The summed E-state index contributed by atoms with van der Waals surface area (Å²) in [5.74, 6) is -1.17. The molecule has 0 N–H and O–H groups in total. The zero-order valence-corrected chi connectivity index (χ0v) is 14.0. The van der Waals surface area contributed by atoms with Crippen LogP contribution in [-0.4, -0.2) is 50.1 Å². The largest absolute Gasteiger partial charge is 0.466 e. The number of ether oxygens (including phenoxy) is 4. The summed E-state index contributed by atoms with van der Waals surface area (Å²) in [6.07, 6.45) is 1.79. The van der Waals surface area contributed by atoms with Gasteiger partial charge in [-0.1, -0.05) is 0 Å². The minimum atomic E-state index is -0.705. The second-order valence-electron chi connectivity index (χ2n) is 5.85. The van der Waals surface area contributed by atoms with Crippen LogP contribution in [0.1, 0.15) is 47.0 Å². The van der Waals surface area contributed by atoms with Crippen LogP contribution in [0.5, 0.6) is 0 Å². The van der Waals surface area contributed by atoms with Gasteiger partial charge in [-0.15, -0.1) is 0 Å². The van der Waals surface area contributed by atoms with E-state index in [1.807, 2.05) is 20.8 Å². The molecule has 22 heavy (non-hydrogen) atoms. The summed E-state index contributed by atoms with van der Waals surface area (Å²) in [6, 6.07) is 0. The van der Waals surface area contributed by atoms with Crippen molar-refractivity contribution in [3.8, 4) is 0 Å². The molecule has 0 aromatic carbocycles. The molecule has 0 aromatic heterocycles. The number of rotatable bonds is 10. The van der Waals surface area contributed by atoms with Crippen LogP contribution in [0.25, 0.3) is 0 Å². The second-order valence-corrected chi connectivity index (χ2v) is 5.85. The Morgan fingerprint density at radius 1 is 1.23 bits per heavy atom. The summed E-state index contributed by atoms with van der Waals surface area (Å²) in [6.45, 7) is 8.67. The first-order chi connectivity index (χ1) is 10.4. The molecule has 3 atom stereocenters. The zero-order chi connectivity index (χ0) is 16.6. The third-order valence-corrected chi connectivity index (χ3v) is 3.49. The van der Waals surface area contributed by atoms with Crippen LogP contribution in [0.2, 0.25) is 0 Å². The molecule has 6 nitrogen and oxygen atoms in total. The van der Waals surface area contributed by atoms with Crippen molar-refractivity contribution in [3.05, 3.63) is 0 Å². The molecule has 1 heterocycles. The number of hydrogen-bond acceptors (Lipinski definition) is 6. The normalized spacial score (nSPS) is 24.9. The minimum absolute atomic E-state index is 0.219. The predicted molar refractivity (Wildman–Crippen MR) is 80.4 cm³/mol. The Morgan fingerprint density at radius 3 is 2.50 bits per heavy atom. The molecule has 128 valence electrons. The molecule has 0 aromatic rings. The van der Waals surface area contributed by atoms with E-state index in [4.69, 9.17) is 18.9 Å². The van der Waals surface area contributed by atoms with Crippen molar-refractivity contribution in [1.29, 1.82) is 0 Å². The lowest BCUT2D eigenvalue weighted by atomic mass is 9.98. The van der Waals surface area contributed by atoms with Gasteiger partial charge in [0.05, 0.1) is 25.4 Å². The van der Waals surface area contributed by atoms with Gasteiger partial charge in [-0.25, -0.2) is 0 Å². The maximum atomic E-state index is 11.5. The van der Waals surface area contributed by atoms with E-state index in [1.165, 1.54) is 0 Å². The molecule has 0 bridgehead atoms. The lowest BCUT2D eigenvalue weighted by Crippen LogP contribution is -2.28. The lowest BCUT2D eigenvalue weighted by Gasteiger charge is -2.19. The van der Waals surface area contributed by atoms with Gasteiger partial charge in [0.15, 0.2) is 5.79 Å². The molecule has 0 aliphatic carbocycles. The Morgan fingerprint density at radius 2 is 1.91 bits per heavy atom. The summed E-state index contributed by atoms with van der Waals surface area (Å²) in [5.41, 5.74) is 0. The third-order valence-electron chi connectivity index (χ3n) is 3.49. The van der Waals surface area contributed by atoms with Crippen LogP contribution in [0, 0.1) is 5.92 Å². The van der Waals surface area contributed by atoms with Crippen LogP contribution in [0.4, 0.5) is 0 Å². The number of carbonyl (C=O) groups excluding carboxylic acids is 2. The fraction of sp³-hybridized carbons (Fsp3) is 0.875. The fourth-order valence-corrected chi connectivity index (χ4v) is 2.58. The van der Waals surface area contributed by atoms with Crippen LogP contribution in [0.15, 0.2) is 0 Å². The van der Waals surface area contributed by atoms with E-state index < -0.39 is 5.79 Å². The SMILES string of the molecule is CCOCC(C=O)C[C@H]1OC(C)(C)O[C@@H]1CCC(=O)OCC. The smallest absolute Gasteiger partial charge is 0.305 e. The van der Waals surface area contributed by atoms with E-state index in [2.05, 4.69) is 0 Å². The molecule has 6 heteroatoms. The summed E-state index contributed by atoms with van der Waals surface area (Å²) < 4.78 is 22.0. The number of esters is 1. The molecule has 1 saturated heterocycles. The zero-order valence-electron chi connectivity index (χ0n) is 14.0. The molecule has 1 aliphatic heterocycles. The standard InChI is InChI=1S/C16H28O6/c1-5-19-11-12(10-17)9-14-13(21-16(3,4)22-14)7-8-15(18)20-6-2/h10,12-14H,5-9,11H2,1-4H3/t12?,13-,14-/m1/s1. The highest BCUT2D eigenvalue weighted by molar-refractivity contribution is 5.69. The first-order valence-electron chi connectivity index (χ1n) is 7.96. The van der Waals surface area contributed by atoms with Gasteiger partial charge in [0.2, 0.25) is 0 Å². The molecule has 0 saturated carbocycles.